The van der Waals surface area contributed by atoms with Crippen molar-refractivity contribution in [2.24, 2.45) is 5.92 Å². The molecular formula is C27H37N3O5. The third-order valence-corrected chi connectivity index (χ3v) is 6.63. The van der Waals surface area contributed by atoms with Crippen molar-refractivity contribution in [1.29, 1.82) is 0 Å². The highest BCUT2D eigenvalue weighted by molar-refractivity contribution is 5.72. The summed E-state index contributed by atoms with van der Waals surface area (Å²) in [5, 5.41) is 20.5. The van der Waals surface area contributed by atoms with E-state index >= 15 is 0 Å². The highest BCUT2D eigenvalue weighted by Crippen LogP contribution is 2.40. The average molecular weight is 484 g/mol. The number of aryl methyl sites for hydroxylation is 1. The van der Waals surface area contributed by atoms with Crippen LogP contribution in [-0.4, -0.2) is 58.9 Å². The molecule has 0 unspecified atom stereocenters. The first-order valence-electron chi connectivity index (χ1n) is 12.4. The number of hydrogen-bond acceptors (Lipinski definition) is 7. The van der Waals surface area contributed by atoms with Crippen molar-refractivity contribution >= 4 is 6.09 Å². The summed E-state index contributed by atoms with van der Waals surface area (Å²) in [5.41, 5.74) is 5.07. The van der Waals surface area contributed by atoms with Gasteiger partial charge in [-0.15, -0.1) is 5.10 Å². The molecule has 1 saturated heterocycles. The lowest BCUT2D eigenvalue weighted by molar-refractivity contribution is 0.00147. The molecule has 1 N–H and O–H groups in total. The SMILES string of the molecule is COCOc1cc(C)ccc1-c1nnc([C@H](O)[C@@H]2CCCN(C(=O)OC(C)(C)C)C2)c2c1CCC2. The molecule has 1 fully saturated rings. The van der Waals surface area contributed by atoms with Gasteiger partial charge in [0.05, 0.1) is 5.69 Å². The number of ether oxygens (including phenoxy) is 3. The Labute approximate surface area is 207 Å². The normalized spacial score (nSPS) is 18.8. The lowest BCUT2D eigenvalue weighted by atomic mass is 9.88. The predicted octanol–water partition coefficient (Wildman–Crippen LogP) is 4.60. The van der Waals surface area contributed by atoms with E-state index in [2.05, 4.69) is 10.2 Å². The molecule has 8 nitrogen and oxygen atoms in total. The molecule has 0 bridgehead atoms. The van der Waals surface area contributed by atoms with Crippen LogP contribution in [0.3, 0.4) is 0 Å². The van der Waals surface area contributed by atoms with Crippen molar-refractivity contribution in [3.8, 4) is 17.0 Å². The maximum atomic E-state index is 12.6. The molecular weight excluding hydrogens is 446 g/mol. The number of rotatable bonds is 6. The predicted molar refractivity (Wildman–Crippen MR) is 132 cm³/mol. The van der Waals surface area contributed by atoms with Gasteiger partial charge in [-0.1, -0.05) is 6.07 Å². The van der Waals surface area contributed by atoms with Gasteiger partial charge in [0.25, 0.3) is 0 Å². The number of benzene rings is 1. The third kappa shape index (κ3) is 5.76. The Morgan fingerprint density at radius 1 is 1.20 bits per heavy atom. The lowest BCUT2D eigenvalue weighted by Gasteiger charge is -2.36. The van der Waals surface area contributed by atoms with Crippen molar-refractivity contribution in [1.82, 2.24) is 15.1 Å². The van der Waals surface area contributed by atoms with Crippen molar-refractivity contribution in [3.63, 3.8) is 0 Å². The molecule has 0 spiro atoms. The summed E-state index contributed by atoms with van der Waals surface area (Å²) in [6.07, 6.45) is 3.26. The van der Waals surface area contributed by atoms with Crippen LogP contribution >= 0.6 is 0 Å². The van der Waals surface area contributed by atoms with E-state index in [1.807, 2.05) is 45.9 Å². The Morgan fingerprint density at radius 3 is 2.71 bits per heavy atom. The number of aromatic nitrogens is 2. The van der Waals surface area contributed by atoms with Gasteiger partial charge in [-0.3, -0.25) is 0 Å². The Balaban J connectivity index is 1.60. The van der Waals surface area contributed by atoms with Gasteiger partial charge >= 0.3 is 6.09 Å². The summed E-state index contributed by atoms with van der Waals surface area (Å²) in [4.78, 5) is 14.3. The molecule has 4 rings (SSSR count). The monoisotopic (exact) mass is 483 g/mol. The molecule has 1 aromatic heterocycles. The van der Waals surface area contributed by atoms with Gasteiger partial charge in [0.15, 0.2) is 6.79 Å². The minimum atomic E-state index is -0.782. The molecule has 1 aliphatic carbocycles. The van der Waals surface area contributed by atoms with Crippen LogP contribution in [0.1, 0.15) is 68.5 Å². The molecule has 190 valence electrons. The second kappa shape index (κ2) is 10.5. The van der Waals surface area contributed by atoms with Gasteiger partial charge < -0.3 is 24.2 Å². The van der Waals surface area contributed by atoms with Crippen LogP contribution in [0.4, 0.5) is 4.79 Å². The average Bonchev–Trinajstić information content (AvgIpc) is 3.31. The molecule has 1 aromatic carbocycles. The van der Waals surface area contributed by atoms with Gasteiger partial charge in [0.1, 0.15) is 23.1 Å². The summed E-state index contributed by atoms with van der Waals surface area (Å²) < 4.78 is 16.5. The molecule has 2 aromatic rings. The van der Waals surface area contributed by atoms with E-state index < -0.39 is 11.7 Å². The smallest absolute Gasteiger partial charge is 0.410 e. The van der Waals surface area contributed by atoms with Gasteiger partial charge in [-0.25, -0.2) is 4.79 Å². The Morgan fingerprint density at radius 2 is 1.97 bits per heavy atom. The number of piperidine rings is 1. The Hall–Kier alpha value is -2.71. The first-order chi connectivity index (χ1) is 16.7. The number of likely N-dealkylation sites (tertiary alicyclic amines) is 1. The van der Waals surface area contributed by atoms with Crippen molar-refractivity contribution in [3.05, 3.63) is 40.6 Å². The highest BCUT2D eigenvalue weighted by Gasteiger charge is 2.35. The van der Waals surface area contributed by atoms with Gasteiger partial charge in [-0.05, 0) is 88.6 Å². The number of aliphatic hydroxyl groups excluding tert-OH is 1. The zero-order valence-electron chi connectivity index (χ0n) is 21.5. The number of methoxy groups -OCH3 is 1. The fourth-order valence-electron chi connectivity index (χ4n) is 5.02. The molecule has 35 heavy (non-hydrogen) atoms. The number of carbonyl (C=O) groups excluding carboxylic acids is 1. The maximum absolute atomic E-state index is 12.6. The van der Waals surface area contributed by atoms with E-state index in [0.29, 0.717) is 24.5 Å². The number of hydrogen-bond donors (Lipinski definition) is 1. The summed E-state index contributed by atoms with van der Waals surface area (Å²) in [7, 11) is 1.60. The van der Waals surface area contributed by atoms with Crippen LogP contribution in [0, 0.1) is 12.8 Å². The number of amides is 1. The van der Waals surface area contributed by atoms with E-state index in [1.54, 1.807) is 12.0 Å². The topological polar surface area (TPSA) is 94.0 Å². The molecule has 1 amide bonds. The summed E-state index contributed by atoms with van der Waals surface area (Å²) in [6.45, 7) is 8.84. The molecule has 0 saturated carbocycles. The minimum Gasteiger partial charge on any atom is -0.467 e. The zero-order valence-corrected chi connectivity index (χ0v) is 21.5. The zero-order chi connectivity index (χ0) is 25.2. The second-order valence-electron chi connectivity index (χ2n) is 10.6. The highest BCUT2D eigenvalue weighted by atomic mass is 16.7. The second-order valence-corrected chi connectivity index (χ2v) is 10.6. The van der Waals surface area contributed by atoms with Crippen molar-refractivity contribution < 1.29 is 24.1 Å². The number of carbonyl (C=O) groups is 1. The maximum Gasteiger partial charge on any atom is 0.410 e. The molecule has 8 heteroatoms. The van der Waals surface area contributed by atoms with E-state index in [0.717, 1.165) is 60.1 Å². The number of nitrogens with zero attached hydrogens (tertiary/aromatic N) is 3. The molecule has 0 radical (unpaired) electrons. The number of fused-ring (bicyclic) bond motifs is 1. The lowest BCUT2D eigenvalue weighted by Crippen LogP contribution is -2.44. The largest absolute Gasteiger partial charge is 0.467 e. The molecule has 2 atom stereocenters. The molecule has 2 heterocycles. The van der Waals surface area contributed by atoms with E-state index in [1.165, 1.54) is 0 Å². The quantitative estimate of drug-likeness (QED) is 0.600. The fourth-order valence-corrected chi connectivity index (χ4v) is 5.02. The van der Waals surface area contributed by atoms with Crippen molar-refractivity contribution in [2.45, 2.75) is 71.5 Å². The number of aliphatic hydroxyl groups is 1. The third-order valence-electron chi connectivity index (χ3n) is 6.63. The van der Waals surface area contributed by atoms with Gasteiger partial charge in [0, 0.05) is 31.7 Å². The Kier molecular flexibility index (Phi) is 7.62. The van der Waals surface area contributed by atoms with Crippen LogP contribution in [0.2, 0.25) is 0 Å². The first-order valence-corrected chi connectivity index (χ1v) is 12.4. The van der Waals surface area contributed by atoms with Crippen LogP contribution < -0.4 is 4.74 Å². The summed E-state index contributed by atoms with van der Waals surface area (Å²) >= 11 is 0. The van der Waals surface area contributed by atoms with Crippen LogP contribution in [-0.2, 0) is 22.3 Å². The van der Waals surface area contributed by atoms with Crippen LogP contribution in [0.15, 0.2) is 18.2 Å². The van der Waals surface area contributed by atoms with E-state index in [-0.39, 0.29) is 18.8 Å². The Bertz CT molecular complexity index is 1070. The van der Waals surface area contributed by atoms with E-state index in [9.17, 15) is 9.90 Å². The van der Waals surface area contributed by atoms with Crippen LogP contribution in [0.5, 0.6) is 5.75 Å². The summed E-state index contributed by atoms with van der Waals surface area (Å²) in [6, 6.07) is 6.03. The van der Waals surface area contributed by atoms with Crippen LogP contribution in [0.25, 0.3) is 11.3 Å². The first kappa shape index (κ1) is 25.4. The van der Waals surface area contributed by atoms with Gasteiger partial charge in [-0.2, -0.15) is 5.10 Å². The molecule has 2 aliphatic rings. The summed E-state index contributed by atoms with van der Waals surface area (Å²) in [5.74, 6) is 0.602. The standard InChI is InChI=1S/C27H37N3O5/c1-17-11-12-21(22(14-17)34-16-33-5)23-19-9-6-10-20(19)24(29-28-23)25(31)18-8-7-13-30(15-18)26(32)35-27(2,3)4/h11-12,14,18,25,31H,6-10,13,15-16H2,1-5H3/t18-,25-/m1/s1. The molecule has 1 aliphatic heterocycles. The minimum absolute atomic E-state index is 0.110. The van der Waals surface area contributed by atoms with Gasteiger partial charge in [0.2, 0.25) is 0 Å². The van der Waals surface area contributed by atoms with Crippen molar-refractivity contribution in [2.75, 3.05) is 27.0 Å². The van der Waals surface area contributed by atoms with E-state index in [4.69, 9.17) is 14.2 Å². The fraction of sp³-hybridized carbons (Fsp3) is 0.593.